The molecule has 3 heterocycles. The lowest BCUT2D eigenvalue weighted by Gasteiger charge is -2.33. The summed E-state index contributed by atoms with van der Waals surface area (Å²) in [7, 11) is 0. The van der Waals surface area contributed by atoms with Crippen LogP contribution in [0.25, 0.3) is 0 Å². The van der Waals surface area contributed by atoms with E-state index < -0.39 is 0 Å². The summed E-state index contributed by atoms with van der Waals surface area (Å²) in [6.07, 6.45) is 6.42. The third kappa shape index (κ3) is 4.02. The van der Waals surface area contributed by atoms with Gasteiger partial charge in [-0.05, 0) is 63.1 Å². The highest BCUT2D eigenvalue weighted by molar-refractivity contribution is 5.76. The van der Waals surface area contributed by atoms with Crippen LogP contribution in [0.15, 0.2) is 24.4 Å². The van der Waals surface area contributed by atoms with Crippen molar-refractivity contribution in [3.63, 3.8) is 0 Å². The Kier molecular flexibility index (Phi) is 5.28. The lowest BCUT2D eigenvalue weighted by Crippen LogP contribution is -2.40. The van der Waals surface area contributed by atoms with Crippen molar-refractivity contribution in [3.8, 4) is 0 Å². The van der Waals surface area contributed by atoms with Crippen LogP contribution in [0.1, 0.15) is 41.9 Å². The minimum atomic E-state index is 0.265. The van der Waals surface area contributed by atoms with E-state index in [1.807, 2.05) is 37.1 Å². The molecule has 0 aromatic carbocycles. The minimum absolute atomic E-state index is 0.265. The van der Waals surface area contributed by atoms with Crippen LogP contribution in [0, 0.1) is 19.8 Å². The van der Waals surface area contributed by atoms with Crippen molar-refractivity contribution in [3.05, 3.63) is 47.0 Å². The smallest absolute Gasteiger partial charge is 0.222 e. The van der Waals surface area contributed by atoms with E-state index in [-0.39, 0.29) is 5.91 Å². The maximum Gasteiger partial charge on any atom is 0.222 e. The number of piperidine rings is 1. The van der Waals surface area contributed by atoms with E-state index in [0.717, 1.165) is 49.4 Å². The van der Waals surface area contributed by atoms with Crippen molar-refractivity contribution in [2.45, 2.75) is 46.0 Å². The zero-order valence-corrected chi connectivity index (χ0v) is 14.6. The molecule has 1 fully saturated rings. The quantitative estimate of drug-likeness (QED) is 0.919. The van der Waals surface area contributed by atoms with Crippen molar-refractivity contribution in [2.75, 3.05) is 13.1 Å². The SMILES string of the molecule is Cc1n[nH]c(C)c1CCC(=O)N1CCC[C@@H](Cc2ccccn2)C1. The molecular weight excluding hydrogens is 300 g/mol. The number of nitrogens with zero attached hydrogens (tertiary/aromatic N) is 3. The van der Waals surface area contributed by atoms with E-state index in [4.69, 9.17) is 0 Å². The fraction of sp³-hybridized carbons (Fsp3) is 0.526. The molecule has 1 amide bonds. The number of pyridine rings is 1. The maximum absolute atomic E-state index is 12.6. The van der Waals surface area contributed by atoms with Gasteiger partial charge in [-0.25, -0.2) is 0 Å². The van der Waals surface area contributed by atoms with Gasteiger partial charge in [0.15, 0.2) is 0 Å². The molecule has 5 nitrogen and oxygen atoms in total. The van der Waals surface area contributed by atoms with Crippen LogP contribution < -0.4 is 0 Å². The molecule has 2 aromatic heterocycles. The summed E-state index contributed by atoms with van der Waals surface area (Å²) < 4.78 is 0. The second-order valence-electron chi connectivity index (χ2n) is 6.79. The van der Waals surface area contributed by atoms with Gasteiger partial charge in [0.25, 0.3) is 0 Å². The van der Waals surface area contributed by atoms with Crippen molar-refractivity contribution < 1.29 is 4.79 Å². The molecule has 0 bridgehead atoms. The van der Waals surface area contributed by atoms with E-state index in [1.54, 1.807) is 0 Å². The highest BCUT2D eigenvalue weighted by atomic mass is 16.2. The number of aromatic nitrogens is 3. The van der Waals surface area contributed by atoms with Gasteiger partial charge in [0.1, 0.15) is 0 Å². The summed E-state index contributed by atoms with van der Waals surface area (Å²) in [4.78, 5) is 19.1. The molecule has 1 aliphatic heterocycles. The van der Waals surface area contributed by atoms with Gasteiger partial charge in [0.05, 0.1) is 5.69 Å². The number of nitrogens with one attached hydrogen (secondary N) is 1. The molecular formula is C19H26N4O. The molecule has 0 radical (unpaired) electrons. The Balaban J connectivity index is 1.53. The average molecular weight is 326 g/mol. The second kappa shape index (κ2) is 7.60. The Morgan fingerprint density at radius 1 is 1.38 bits per heavy atom. The third-order valence-corrected chi connectivity index (χ3v) is 4.97. The Labute approximate surface area is 143 Å². The number of aryl methyl sites for hydroxylation is 2. The molecule has 0 spiro atoms. The van der Waals surface area contributed by atoms with E-state index >= 15 is 0 Å². The number of carbonyl (C=O) groups excluding carboxylic acids is 1. The molecule has 1 saturated heterocycles. The first-order valence-corrected chi connectivity index (χ1v) is 8.81. The summed E-state index contributed by atoms with van der Waals surface area (Å²) in [5.41, 5.74) is 4.39. The molecule has 1 atom stereocenters. The molecule has 1 aliphatic rings. The number of aromatic amines is 1. The van der Waals surface area contributed by atoms with E-state index in [1.165, 1.54) is 12.0 Å². The van der Waals surface area contributed by atoms with Gasteiger partial charge >= 0.3 is 0 Å². The number of H-pyrrole nitrogens is 1. The summed E-state index contributed by atoms with van der Waals surface area (Å²) in [6, 6.07) is 6.05. The zero-order chi connectivity index (χ0) is 16.9. The summed E-state index contributed by atoms with van der Waals surface area (Å²) in [6.45, 7) is 5.76. The largest absolute Gasteiger partial charge is 0.342 e. The van der Waals surface area contributed by atoms with E-state index in [9.17, 15) is 4.79 Å². The molecule has 1 N–H and O–H groups in total. The first-order chi connectivity index (χ1) is 11.6. The first-order valence-electron chi connectivity index (χ1n) is 8.81. The predicted octanol–water partition coefficient (Wildman–Crippen LogP) is 2.84. The molecule has 3 rings (SSSR count). The van der Waals surface area contributed by atoms with Crippen LogP contribution in [0.2, 0.25) is 0 Å². The number of rotatable bonds is 5. The third-order valence-electron chi connectivity index (χ3n) is 4.97. The van der Waals surface area contributed by atoms with Crippen LogP contribution >= 0.6 is 0 Å². The van der Waals surface area contributed by atoms with Crippen molar-refractivity contribution in [1.82, 2.24) is 20.1 Å². The maximum atomic E-state index is 12.6. The number of amides is 1. The van der Waals surface area contributed by atoms with Gasteiger partial charge in [-0.2, -0.15) is 5.10 Å². The average Bonchev–Trinajstić information content (AvgIpc) is 2.92. The first kappa shape index (κ1) is 16.7. The number of likely N-dealkylation sites (tertiary alicyclic amines) is 1. The monoisotopic (exact) mass is 326 g/mol. The van der Waals surface area contributed by atoms with Gasteiger partial charge in [0, 0.05) is 37.1 Å². The Morgan fingerprint density at radius 3 is 2.96 bits per heavy atom. The van der Waals surface area contributed by atoms with Crippen molar-refractivity contribution in [1.29, 1.82) is 0 Å². The molecule has 2 aromatic rings. The molecule has 0 saturated carbocycles. The Bertz CT molecular complexity index is 660. The van der Waals surface area contributed by atoms with Gasteiger partial charge in [0.2, 0.25) is 5.91 Å². The normalized spacial score (nSPS) is 17.9. The van der Waals surface area contributed by atoms with Crippen LogP contribution in [-0.2, 0) is 17.6 Å². The fourth-order valence-electron chi connectivity index (χ4n) is 3.61. The number of carbonyl (C=O) groups is 1. The summed E-state index contributed by atoms with van der Waals surface area (Å²) in [5, 5.41) is 7.20. The molecule has 128 valence electrons. The predicted molar refractivity (Wildman–Crippen MR) is 93.6 cm³/mol. The van der Waals surface area contributed by atoms with Crippen LogP contribution in [-0.4, -0.2) is 39.1 Å². The molecule has 24 heavy (non-hydrogen) atoms. The highest BCUT2D eigenvalue weighted by Crippen LogP contribution is 2.21. The lowest BCUT2D eigenvalue weighted by molar-refractivity contribution is -0.133. The fourth-order valence-corrected chi connectivity index (χ4v) is 3.61. The zero-order valence-electron chi connectivity index (χ0n) is 14.6. The Hall–Kier alpha value is -2.17. The standard InChI is InChI=1S/C19H26N4O/c1-14-18(15(2)22-21-14)8-9-19(24)23-11-5-6-16(13-23)12-17-7-3-4-10-20-17/h3-4,7,10,16H,5-6,8-9,11-13H2,1-2H3,(H,21,22)/t16-/m0/s1. The number of hydrogen-bond donors (Lipinski definition) is 1. The van der Waals surface area contributed by atoms with Crippen LogP contribution in [0.3, 0.4) is 0 Å². The minimum Gasteiger partial charge on any atom is -0.342 e. The summed E-state index contributed by atoms with van der Waals surface area (Å²) >= 11 is 0. The topological polar surface area (TPSA) is 61.9 Å². The van der Waals surface area contributed by atoms with Crippen molar-refractivity contribution in [2.24, 2.45) is 5.92 Å². The second-order valence-corrected chi connectivity index (χ2v) is 6.79. The summed E-state index contributed by atoms with van der Waals surface area (Å²) in [5.74, 6) is 0.788. The molecule has 5 heteroatoms. The van der Waals surface area contributed by atoms with Crippen LogP contribution in [0.4, 0.5) is 0 Å². The van der Waals surface area contributed by atoms with Gasteiger partial charge in [-0.1, -0.05) is 6.07 Å². The van der Waals surface area contributed by atoms with Gasteiger partial charge in [-0.15, -0.1) is 0 Å². The highest BCUT2D eigenvalue weighted by Gasteiger charge is 2.24. The van der Waals surface area contributed by atoms with Gasteiger partial charge < -0.3 is 4.90 Å². The lowest BCUT2D eigenvalue weighted by atomic mass is 9.93. The molecule has 0 aliphatic carbocycles. The Morgan fingerprint density at radius 2 is 2.25 bits per heavy atom. The number of hydrogen-bond acceptors (Lipinski definition) is 3. The van der Waals surface area contributed by atoms with E-state index in [2.05, 4.69) is 21.2 Å². The van der Waals surface area contributed by atoms with E-state index in [0.29, 0.717) is 12.3 Å². The molecule has 0 unspecified atom stereocenters. The van der Waals surface area contributed by atoms with Crippen molar-refractivity contribution >= 4 is 5.91 Å². The van der Waals surface area contributed by atoms with Crippen LogP contribution in [0.5, 0.6) is 0 Å². The van der Waals surface area contributed by atoms with Gasteiger partial charge in [-0.3, -0.25) is 14.9 Å².